The largest absolute Gasteiger partial charge is 0.480 e. The quantitative estimate of drug-likeness (QED) is 0.146. The zero-order valence-electron chi connectivity index (χ0n) is 6.83. The molecule has 0 heterocycles. The van der Waals surface area contributed by atoms with Crippen LogP contribution in [0.1, 0.15) is 6.92 Å². The molecule has 74 valence electrons. The van der Waals surface area contributed by atoms with Gasteiger partial charge in [-0.2, -0.15) is 0 Å². The Bertz CT molecular complexity index is 215. The molecule has 0 aromatic heterocycles. The molecule has 1 unspecified atom stereocenters. The molecule has 0 aliphatic heterocycles. The highest BCUT2D eigenvalue weighted by Crippen LogP contribution is 1.83. The van der Waals surface area contributed by atoms with Gasteiger partial charge in [-0.25, -0.2) is 20.9 Å². The third-order valence-electron chi connectivity index (χ3n) is 1.11. The number of carbonyl (C=O) groups is 3. The fourth-order valence-electron chi connectivity index (χ4n) is 0.511. The fraction of sp³-hybridized carbons (Fsp3) is 0.400. The van der Waals surface area contributed by atoms with Crippen LogP contribution in [0.2, 0.25) is 0 Å². The summed E-state index contributed by atoms with van der Waals surface area (Å²) in [5.74, 6) is 2.66. The number of hydrogen-bond donors (Lipinski definition) is 5. The first-order chi connectivity index (χ1) is 5.99. The van der Waals surface area contributed by atoms with Gasteiger partial charge in [-0.3, -0.25) is 15.6 Å². The summed E-state index contributed by atoms with van der Waals surface area (Å²) in [6.45, 7) is 1.08. The van der Waals surface area contributed by atoms with Gasteiger partial charge < -0.3 is 5.11 Å². The zero-order valence-corrected chi connectivity index (χ0v) is 6.83. The van der Waals surface area contributed by atoms with Gasteiger partial charge in [0.25, 0.3) is 0 Å². The summed E-state index contributed by atoms with van der Waals surface area (Å²) in [5, 5.41) is 8.44. The van der Waals surface area contributed by atoms with Crippen molar-refractivity contribution >= 4 is 17.8 Å². The van der Waals surface area contributed by atoms with Crippen molar-refractivity contribution < 1.29 is 19.5 Å². The average Bonchev–Trinajstić information content (AvgIpc) is 2.03. The molecule has 0 rings (SSSR count). The smallest absolute Gasteiger partial charge is 0.343 e. The second-order valence-electron chi connectivity index (χ2n) is 2.12. The molecule has 0 aliphatic carbocycles. The number of urea groups is 1. The molecular weight excluding hydrogens is 180 g/mol. The molecule has 2 amide bonds. The van der Waals surface area contributed by atoms with Crippen molar-refractivity contribution in [2.75, 3.05) is 0 Å². The number of carbonyl (C=O) groups excluding carboxylic acids is 2. The molecule has 1 atom stereocenters. The van der Waals surface area contributed by atoms with Crippen molar-refractivity contribution in [2.24, 2.45) is 5.84 Å². The maximum absolute atomic E-state index is 10.6. The summed E-state index contributed by atoms with van der Waals surface area (Å²) in [5.41, 5.74) is 5.53. The van der Waals surface area contributed by atoms with Gasteiger partial charge >= 0.3 is 12.0 Å². The number of Topliss-reactive ketones (excluding diaryl/α,β-unsaturated/α-hetero) is 1. The Hall–Kier alpha value is -1.67. The van der Waals surface area contributed by atoms with Crippen LogP contribution < -0.4 is 22.1 Å². The van der Waals surface area contributed by atoms with Crippen LogP contribution in [-0.2, 0) is 9.59 Å². The van der Waals surface area contributed by atoms with E-state index in [4.69, 9.17) is 5.11 Å². The molecule has 0 saturated heterocycles. The molecular formula is C5H10N4O4. The molecule has 0 radical (unpaired) electrons. The van der Waals surface area contributed by atoms with Crippen LogP contribution in [0.3, 0.4) is 0 Å². The summed E-state index contributed by atoms with van der Waals surface area (Å²) in [4.78, 5) is 31.4. The molecule has 0 aliphatic rings. The number of carboxylic acids is 1. The molecule has 13 heavy (non-hydrogen) atoms. The van der Waals surface area contributed by atoms with Gasteiger partial charge in [-0.15, -0.1) is 0 Å². The Morgan fingerprint density at radius 1 is 1.38 bits per heavy atom. The van der Waals surface area contributed by atoms with Crippen molar-refractivity contribution in [1.82, 2.24) is 16.3 Å². The SMILES string of the molecule is CC(=O)C(NNC(=O)NN)C(=O)O. The monoisotopic (exact) mass is 190 g/mol. The van der Waals surface area contributed by atoms with Gasteiger partial charge in [0.1, 0.15) is 0 Å². The lowest BCUT2D eigenvalue weighted by molar-refractivity contribution is -0.143. The summed E-state index contributed by atoms with van der Waals surface area (Å²) < 4.78 is 0. The Morgan fingerprint density at radius 2 is 1.92 bits per heavy atom. The number of hydrogen-bond acceptors (Lipinski definition) is 5. The molecule has 8 heteroatoms. The first kappa shape index (κ1) is 11.3. The predicted octanol–water partition coefficient (Wildman–Crippen LogP) is -2.29. The number of carboxylic acid groups (broad SMARTS) is 1. The molecule has 0 aromatic rings. The Kier molecular flexibility index (Phi) is 4.41. The summed E-state index contributed by atoms with van der Waals surface area (Å²) in [7, 11) is 0. The Labute approximate surface area is 73.4 Å². The summed E-state index contributed by atoms with van der Waals surface area (Å²) in [6.07, 6.45) is 0. The van der Waals surface area contributed by atoms with Gasteiger partial charge in [0.2, 0.25) is 0 Å². The highest BCUT2D eigenvalue weighted by atomic mass is 16.4. The lowest BCUT2D eigenvalue weighted by atomic mass is 10.2. The number of amides is 2. The van der Waals surface area contributed by atoms with Crippen LogP contribution in [0.25, 0.3) is 0 Å². The molecule has 0 saturated carbocycles. The van der Waals surface area contributed by atoms with E-state index < -0.39 is 23.8 Å². The minimum atomic E-state index is -1.47. The summed E-state index contributed by atoms with van der Waals surface area (Å²) in [6, 6.07) is -2.32. The van der Waals surface area contributed by atoms with Gasteiger partial charge in [0, 0.05) is 0 Å². The van der Waals surface area contributed by atoms with E-state index in [0.717, 1.165) is 6.92 Å². The van der Waals surface area contributed by atoms with Crippen molar-refractivity contribution in [3.63, 3.8) is 0 Å². The molecule has 0 bridgehead atoms. The van der Waals surface area contributed by atoms with E-state index in [0.29, 0.717) is 0 Å². The number of aliphatic carboxylic acids is 1. The third-order valence-corrected chi connectivity index (χ3v) is 1.11. The van der Waals surface area contributed by atoms with Crippen molar-refractivity contribution in [2.45, 2.75) is 13.0 Å². The van der Waals surface area contributed by atoms with E-state index in [1.54, 1.807) is 5.43 Å². The minimum absolute atomic E-state index is 0.634. The second kappa shape index (κ2) is 5.06. The molecule has 6 N–H and O–H groups in total. The van der Waals surface area contributed by atoms with E-state index in [-0.39, 0.29) is 0 Å². The van der Waals surface area contributed by atoms with E-state index >= 15 is 0 Å². The Morgan fingerprint density at radius 3 is 2.23 bits per heavy atom. The zero-order chi connectivity index (χ0) is 10.4. The lowest BCUT2D eigenvalue weighted by Crippen LogP contribution is -2.55. The average molecular weight is 190 g/mol. The standard InChI is InChI=1S/C5H10N4O4/c1-2(10)3(4(11)12)8-9-5(13)7-6/h3,8H,6H2,1H3,(H,11,12)(H2,7,9,13). The maximum atomic E-state index is 10.6. The highest BCUT2D eigenvalue weighted by molar-refractivity contribution is 6.01. The van der Waals surface area contributed by atoms with Crippen LogP contribution in [-0.4, -0.2) is 28.9 Å². The number of rotatable bonds is 4. The molecule has 8 nitrogen and oxygen atoms in total. The number of nitrogens with two attached hydrogens (primary N) is 1. The number of hydrazine groups is 2. The minimum Gasteiger partial charge on any atom is -0.480 e. The van der Waals surface area contributed by atoms with Crippen LogP contribution in [0.15, 0.2) is 0 Å². The van der Waals surface area contributed by atoms with Crippen LogP contribution in [0.5, 0.6) is 0 Å². The first-order valence-electron chi connectivity index (χ1n) is 3.24. The fourth-order valence-corrected chi connectivity index (χ4v) is 0.511. The van der Waals surface area contributed by atoms with Gasteiger partial charge in [-0.05, 0) is 6.92 Å². The third kappa shape index (κ3) is 4.03. The van der Waals surface area contributed by atoms with Crippen molar-refractivity contribution in [3.05, 3.63) is 0 Å². The molecule has 0 aromatic carbocycles. The first-order valence-corrected chi connectivity index (χ1v) is 3.24. The van der Waals surface area contributed by atoms with Crippen LogP contribution in [0, 0.1) is 0 Å². The van der Waals surface area contributed by atoms with Gasteiger partial charge in [0.05, 0.1) is 0 Å². The van der Waals surface area contributed by atoms with Crippen molar-refractivity contribution in [1.29, 1.82) is 0 Å². The summed E-state index contributed by atoms with van der Waals surface area (Å²) >= 11 is 0. The van der Waals surface area contributed by atoms with Crippen molar-refractivity contribution in [3.8, 4) is 0 Å². The molecule has 0 spiro atoms. The second-order valence-corrected chi connectivity index (χ2v) is 2.12. The Balaban J connectivity index is 4.05. The normalized spacial score (nSPS) is 11.5. The number of nitrogens with one attached hydrogen (secondary N) is 3. The maximum Gasteiger partial charge on any atom is 0.343 e. The van der Waals surface area contributed by atoms with Crippen LogP contribution in [0.4, 0.5) is 4.79 Å². The highest BCUT2D eigenvalue weighted by Gasteiger charge is 2.22. The van der Waals surface area contributed by atoms with E-state index in [2.05, 4.69) is 5.84 Å². The lowest BCUT2D eigenvalue weighted by Gasteiger charge is -2.11. The van der Waals surface area contributed by atoms with Crippen LogP contribution >= 0.6 is 0 Å². The predicted molar refractivity (Wildman–Crippen MR) is 41.1 cm³/mol. The van der Waals surface area contributed by atoms with E-state index in [1.807, 2.05) is 10.9 Å². The molecule has 0 fully saturated rings. The van der Waals surface area contributed by atoms with Gasteiger partial charge in [0.15, 0.2) is 11.8 Å². The van der Waals surface area contributed by atoms with Gasteiger partial charge in [-0.1, -0.05) is 0 Å². The van der Waals surface area contributed by atoms with E-state index in [1.165, 1.54) is 0 Å². The van der Waals surface area contributed by atoms with E-state index in [9.17, 15) is 14.4 Å². The topological polar surface area (TPSA) is 134 Å². The number of ketones is 1.